The Morgan fingerprint density at radius 1 is 1.59 bits per heavy atom. The van der Waals surface area contributed by atoms with E-state index in [0.29, 0.717) is 25.5 Å². The Balaban J connectivity index is 2.12. The van der Waals surface area contributed by atoms with Crippen LogP contribution >= 0.6 is 0 Å². The van der Waals surface area contributed by atoms with Gasteiger partial charge in [0.05, 0.1) is 32.4 Å². The van der Waals surface area contributed by atoms with Gasteiger partial charge in [0.1, 0.15) is 5.76 Å². The predicted molar refractivity (Wildman–Crippen MR) is 59.3 cm³/mol. The van der Waals surface area contributed by atoms with Crippen LogP contribution < -0.4 is 5.73 Å². The van der Waals surface area contributed by atoms with E-state index in [1.165, 1.54) is 0 Å². The highest BCUT2D eigenvalue weighted by Crippen LogP contribution is 2.14. The average Bonchev–Trinajstić information content (AvgIpc) is 2.86. The first-order valence-corrected chi connectivity index (χ1v) is 5.54. The molecular weight excluding hydrogens is 224 g/mol. The van der Waals surface area contributed by atoms with Gasteiger partial charge in [-0.25, -0.2) is 0 Å². The normalized spacial score (nSPS) is 20.6. The molecule has 0 saturated carbocycles. The molecule has 6 heteroatoms. The van der Waals surface area contributed by atoms with Crippen molar-refractivity contribution < 1.29 is 19.1 Å². The van der Waals surface area contributed by atoms with E-state index in [4.69, 9.17) is 14.9 Å². The molecule has 1 unspecified atom stereocenters. The number of hydrogen-bond donors (Lipinski definition) is 2. The number of ether oxygens (including phenoxy) is 1. The standard InChI is InChI=1S/C11H16N2O4/c12-5-9-1-2-10(17-9)11(15)13-3-4-16-7-8(13)6-14/h1-2,8,14H,3-7,12H2. The Kier molecular flexibility index (Phi) is 3.78. The molecular formula is C11H16N2O4. The Hall–Kier alpha value is -1.37. The van der Waals surface area contributed by atoms with Gasteiger partial charge in [-0.15, -0.1) is 0 Å². The number of aliphatic hydroxyl groups excluding tert-OH is 1. The summed E-state index contributed by atoms with van der Waals surface area (Å²) in [5.74, 6) is 0.597. The Morgan fingerprint density at radius 2 is 2.41 bits per heavy atom. The molecule has 1 aromatic heterocycles. The number of aliphatic hydroxyl groups is 1. The summed E-state index contributed by atoms with van der Waals surface area (Å²) in [6.45, 7) is 1.44. The van der Waals surface area contributed by atoms with E-state index in [9.17, 15) is 9.90 Å². The smallest absolute Gasteiger partial charge is 0.290 e. The lowest BCUT2D eigenvalue weighted by Gasteiger charge is -2.33. The highest BCUT2D eigenvalue weighted by Gasteiger charge is 2.29. The summed E-state index contributed by atoms with van der Waals surface area (Å²) in [4.78, 5) is 13.7. The maximum atomic E-state index is 12.1. The maximum Gasteiger partial charge on any atom is 0.290 e. The lowest BCUT2D eigenvalue weighted by molar-refractivity contribution is -0.0197. The third kappa shape index (κ3) is 2.49. The maximum absolute atomic E-state index is 12.1. The third-order valence-electron chi connectivity index (χ3n) is 2.77. The largest absolute Gasteiger partial charge is 0.455 e. The molecule has 1 aliphatic rings. The highest BCUT2D eigenvalue weighted by atomic mass is 16.5. The van der Waals surface area contributed by atoms with Crippen LogP contribution in [0.2, 0.25) is 0 Å². The van der Waals surface area contributed by atoms with E-state index in [-0.39, 0.29) is 30.9 Å². The summed E-state index contributed by atoms with van der Waals surface area (Å²) >= 11 is 0. The van der Waals surface area contributed by atoms with Crippen molar-refractivity contribution in [1.82, 2.24) is 4.90 Å². The molecule has 17 heavy (non-hydrogen) atoms. The van der Waals surface area contributed by atoms with Crippen molar-refractivity contribution in [3.05, 3.63) is 23.7 Å². The van der Waals surface area contributed by atoms with E-state index in [2.05, 4.69) is 0 Å². The van der Waals surface area contributed by atoms with Crippen LogP contribution in [-0.4, -0.2) is 48.3 Å². The van der Waals surface area contributed by atoms with Gasteiger partial charge in [-0.3, -0.25) is 4.79 Å². The Bertz CT molecular complexity index is 391. The van der Waals surface area contributed by atoms with Gasteiger partial charge in [-0.1, -0.05) is 0 Å². The van der Waals surface area contributed by atoms with Crippen LogP contribution in [0.15, 0.2) is 16.5 Å². The lowest BCUT2D eigenvalue weighted by Crippen LogP contribution is -2.50. The predicted octanol–water partition coefficient (Wildman–Crippen LogP) is -0.428. The lowest BCUT2D eigenvalue weighted by atomic mass is 10.2. The first-order chi connectivity index (χ1) is 8.26. The van der Waals surface area contributed by atoms with Crippen LogP contribution in [0.3, 0.4) is 0 Å². The first kappa shape index (κ1) is 12.1. The molecule has 0 aliphatic carbocycles. The quantitative estimate of drug-likeness (QED) is 0.748. The highest BCUT2D eigenvalue weighted by molar-refractivity contribution is 5.91. The molecule has 2 rings (SSSR count). The molecule has 2 heterocycles. The Labute approximate surface area is 98.9 Å². The van der Waals surface area contributed by atoms with Crippen molar-refractivity contribution >= 4 is 5.91 Å². The number of furan rings is 1. The van der Waals surface area contributed by atoms with Crippen molar-refractivity contribution in [3.8, 4) is 0 Å². The molecule has 1 aromatic rings. The molecule has 94 valence electrons. The number of carbonyl (C=O) groups is 1. The zero-order chi connectivity index (χ0) is 12.3. The number of amides is 1. The number of hydrogen-bond acceptors (Lipinski definition) is 5. The fourth-order valence-corrected chi connectivity index (χ4v) is 1.82. The molecule has 1 fully saturated rings. The molecule has 0 bridgehead atoms. The molecule has 0 radical (unpaired) electrons. The molecule has 6 nitrogen and oxygen atoms in total. The van der Waals surface area contributed by atoms with Gasteiger partial charge in [0.15, 0.2) is 5.76 Å². The van der Waals surface area contributed by atoms with E-state index in [1.54, 1.807) is 17.0 Å². The fraction of sp³-hybridized carbons (Fsp3) is 0.545. The van der Waals surface area contributed by atoms with Crippen molar-refractivity contribution in [2.45, 2.75) is 12.6 Å². The first-order valence-electron chi connectivity index (χ1n) is 5.54. The van der Waals surface area contributed by atoms with Crippen molar-refractivity contribution in [2.75, 3.05) is 26.4 Å². The SMILES string of the molecule is NCc1ccc(C(=O)N2CCOCC2CO)o1. The second kappa shape index (κ2) is 5.31. The summed E-state index contributed by atoms with van der Waals surface area (Å²) in [5, 5.41) is 9.18. The molecule has 1 saturated heterocycles. The van der Waals surface area contributed by atoms with Gasteiger partial charge in [0.25, 0.3) is 5.91 Å². The van der Waals surface area contributed by atoms with Crippen LogP contribution in [0.5, 0.6) is 0 Å². The second-order valence-electron chi connectivity index (χ2n) is 3.88. The van der Waals surface area contributed by atoms with Crippen LogP contribution in [0.25, 0.3) is 0 Å². The van der Waals surface area contributed by atoms with E-state index >= 15 is 0 Å². The molecule has 1 aliphatic heterocycles. The third-order valence-corrected chi connectivity index (χ3v) is 2.77. The van der Waals surface area contributed by atoms with Gasteiger partial charge in [0, 0.05) is 6.54 Å². The summed E-state index contributed by atoms with van der Waals surface area (Å²) in [5.41, 5.74) is 5.42. The van der Waals surface area contributed by atoms with Crippen molar-refractivity contribution in [3.63, 3.8) is 0 Å². The molecule has 1 atom stereocenters. The minimum absolute atomic E-state index is 0.115. The van der Waals surface area contributed by atoms with Crippen molar-refractivity contribution in [1.29, 1.82) is 0 Å². The summed E-state index contributed by atoms with van der Waals surface area (Å²) in [7, 11) is 0. The van der Waals surface area contributed by atoms with E-state index in [1.807, 2.05) is 0 Å². The zero-order valence-electron chi connectivity index (χ0n) is 9.46. The van der Waals surface area contributed by atoms with Crippen LogP contribution in [0.4, 0.5) is 0 Å². The van der Waals surface area contributed by atoms with Crippen LogP contribution in [-0.2, 0) is 11.3 Å². The zero-order valence-corrected chi connectivity index (χ0v) is 9.46. The van der Waals surface area contributed by atoms with Gasteiger partial charge >= 0.3 is 0 Å². The van der Waals surface area contributed by atoms with Gasteiger partial charge in [0.2, 0.25) is 0 Å². The number of carbonyl (C=O) groups excluding carboxylic acids is 1. The van der Waals surface area contributed by atoms with Crippen LogP contribution in [0.1, 0.15) is 16.3 Å². The fourth-order valence-electron chi connectivity index (χ4n) is 1.82. The molecule has 0 aromatic carbocycles. The number of nitrogens with zero attached hydrogens (tertiary/aromatic N) is 1. The van der Waals surface area contributed by atoms with Gasteiger partial charge < -0.3 is 24.9 Å². The van der Waals surface area contributed by atoms with Gasteiger partial charge in [-0.05, 0) is 12.1 Å². The topological polar surface area (TPSA) is 88.9 Å². The van der Waals surface area contributed by atoms with E-state index < -0.39 is 0 Å². The molecule has 0 spiro atoms. The van der Waals surface area contributed by atoms with E-state index in [0.717, 1.165) is 0 Å². The van der Waals surface area contributed by atoms with Crippen LogP contribution in [0, 0.1) is 0 Å². The summed E-state index contributed by atoms with van der Waals surface area (Å²) < 4.78 is 10.5. The minimum atomic E-state index is -0.303. The average molecular weight is 240 g/mol. The van der Waals surface area contributed by atoms with Gasteiger partial charge in [-0.2, -0.15) is 0 Å². The number of rotatable bonds is 3. The molecule has 3 N–H and O–H groups in total. The monoisotopic (exact) mass is 240 g/mol. The van der Waals surface area contributed by atoms with Crippen molar-refractivity contribution in [2.24, 2.45) is 5.73 Å². The molecule has 1 amide bonds. The number of morpholine rings is 1. The summed E-state index contributed by atoms with van der Waals surface area (Å²) in [6, 6.07) is 2.98. The Morgan fingerprint density at radius 3 is 3.06 bits per heavy atom. The second-order valence-corrected chi connectivity index (χ2v) is 3.88. The minimum Gasteiger partial charge on any atom is -0.455 e. The number of nitrogens with two attached hydrogens (primary N) is 1. The summed E-state index contributed by atoms with van der Waals surface area (Å²) in [6.07, 6.45) is 0.